The largest absolute Gasteiger partial charge is 0.421 e. The van der Waals surface area contributed by atoms with E-state index in [9.17, 15) is 8.78 Å². The number of alkyl halides is 2. The molecule has 0 N–H and O–H groups in total. The smallest absolute Gasteiger partial charge is 0.331 e. The summed E-state index contributed by atoms with van der Waals surface area (Å²) < 4.78 is 25.2. The molecule has 0 atom stereocenters. The maximum Gasteiger partial charge on any atom is 0.421 e. The fourth-order valence-corrected chi connectivity index (χ4v) is 0.867. The standard InChI is InChI=1S/C7H3F2O2/c8-7(9)5-3-1-2-4-6(5)10-11-7/h1,3-4H. The molecular formula is C7H3F2O2. The molecule has 0 saturated heterocycles. The summed E-state index contributed by atoms with van der Waals surface area (Å²) in [7, 11) is 0. The average molecular weight is 157 g/mol. The first-order chi connectivity index (χ1) is 5.20. The van der Waals surface area contributed by atoms with E-state index < -0.39 is 6.11 Å². The Bertz CT molecular complexity index is 286. The number of hydrogen-bond donors (Lipinski definition) is 0. The van der Waals surface area contributed by atoms with Gasteiger partial charge in [-0.2, -0.15) is 8.78 Å². The van der Waals surface area contributed by atoms with E-state index in [1.54, 1.807) is 0 Å². The van der Waals surface area contributed by atoms with Crippen molar-refractivity contribution in [2.75, 3.05) is 0 Å². The van der Waals surface area contributed by atoms with E-state index in [1.807, 2.05) is 0 Å². The monoisotopic (exact) mass is 157 g/mol. The molecule has 0 saturated carbocycles. The summed E-state index contributed by atoms with van der Waals surface area (Å²) in [6.45, 7) is 0. The van der Waals surface area contributed by atoms with Crippen LogP contribution in [0.1, 0.15) is 5.56 Å². The first-order valence-corrected chi connectivity index (χ1v) is 2.94. The van der Waals surface area contributed by atoms with E-state index in [0.717, 1.165) is 0 Å². The van der Waals surface area contributed by atoms with Gasteiger partial charge in [-0.3, -0.25) is 0 Å². The van der Waals surface area contributed by atoms with E-state index in [0.29, 0.717) is 0 Å². The molecule has 0 unspecified atom stereocenters. The third kappa shape index (κ3) is 0.867. The van der Waals surface area contributed by atoms with Gasteiger partial charge in [0, 0.05) is 0 Å². The Balaban J connectivity index is 2.56. The van der Waals surface area contributed by atoms with Crippen LogP contribution in [0.2, 0.25) is 0 Å². The summed E-state index contributed by atoms with van der Waals surface area (Å²) in [5.41, 5.74) is -0.253. The molecule has 0 aliphatic carbocycles. The molecular weight excluding hydrogens is 154 g/mol. The van der Waals surface area contributed by atoms with Crippen molar-refractivity contribution in [1.29, 1.82) is 0 Å². The maximum atomic E-state index is 12.6. The van der Waals surface area contributed by atoms with Crippen LogP contribution in [0.25, 0.3) is 0 Å². The summed E-state index contributed by atoms with van der Waals surface area (Å²) in [5, 5.41) is 0. The number of halogens is 2. The van der Waals surface area contributed by atoms with E-state index in [4.69, 9.17) is 0 Å². The van der Waals surface area contributed by atoms with Crippen LogP contribution in [0.5, 0.6) is 5.75 Å². The predicted molar refractivity (Wildman–Crippen MR) is 30.9 cm³/mol. The van der Waals surface area contributed by atoms with E-state index in [2.05, 4.69) is 15.8 Å². The SMILES string of the molecule is FC1(F)OOc2c[c]ccc21. The highest BCUT2D eigenvalue weighted by Crippen LogP contribution is 2.41. The van der Waals surface area contributed by atoms with Gasteiger partial charge >= 0.3 is 6.11 Å². The van der Waals surface area contributed by atoms with Crippen LogP contribution in [0.15, 0.2) is 18.2 Å². The molecule has 0 amide bonds. The Morgan fingerprint density at radius 2 is 2.27 bits per heavy atom. The number of rotatable bonds is 0. The minimum atomic E-state index is -3.32. The molecule has 11 heavy (non-hydrogen) atoms. The number of fused-ring (bicyclic) bond motifs is 1. The van der Waals surface area contributed by atoms with E-state index >= 15 is 0 Å². The Hall–Kier alpha value is -1.16. The molecule has 0 aromatic heterocycles. The second kappa shape index (κ2) is 1.92. The predicted octanol–water partition coefficient (Wildman–Crippen LogP) is 1.86. The van der Waals surface area contributed by atoms with Crippen molar-refractivity contribution >= 4 is 0 Å². The summed E-state index contributed by atoms with van der Waals surface area (Å²) in [6, 6.07) is 6.48. The van der Waals surface area contributed by atoms with E-state index in [-0.39, 0.29) is 11.3 Å². The van der Waals surface area contributed by atoms with Gasteiger partial charge in [-0.25, -0.2) is 0 Å². The molecule has 0 bridgehead atoms. The van der Waals surface area contributed by atoms with Crippen LogP contribution in [0.4, 0.5) is 8.78 Å². The lowest BCUT2D eigenvalue weighted by Gasteiger charge is -2.02. The molecule has 0 spiro atoms. The topological polar surface area (TPSA) is 18.5 Å². The second-order valence-electron chi connectivity index (χ2n) is 2.11. The van der Waals surface area contributed by atoms with Crippen molar-refractivity contribution in [2.45, 2.75) is 6.11 Å². The highest BCUT2D eigenvalue weighted by Gasteiger charge is 2.43. The molecule has 0 fully saturated rings. The van der Waals surface area contributed by atoms with Gasteiger partial charge < -0.3 is 4.89 Å². The Labute approximate surface area is 61.3 Å². The van der Waals surface area contributed by atoms with E-state index in [1.165, 1.54) is 18.2 Å². The second-order valence-corrected chi connectivity index (χ2v) is 2.11. The molecule has 1 aliphatic rings. The zero-order valence-electron chi connectivity index (χ0n) is 5.30. The maximum absolute atomic E-state index is 12.6. The lowest BCUT2D eigenvalue weighted by atomic mass is 10.2. The highest BCUT2D eigenvalue weighted by molar-refractivity contribution is 5.36. The molecule has 1 radical (unpaired) electrons. The van der Waals surface area contributed by atoms with Gasteiger partial charge in [-0.05, 0) is 18.2 Å². The Kier molecular flexibility index (Phi) is 1.14. The van der Waals surface area contributed by atoms with Crippen molar-refractivity contribution in [3.8, 4) is 5.75 Å². The van der Waals surface area contributed by atoms with Gasteiger partial charge in [0.1, 0.15) is 5.56 Å². The first kappa shape index (κ1) is 6.54. The third-order valence-corrected chi connectivity index (χ3v) is 1.38. The van der Waals surface area contributed by atoms with Crippen LogP contribution >= 0.6 is 0 Å². The quantitative estimate of drug-likeness (QED) is 0.535. The van der Waals surface area contributed by atoms with Crippen molar-refractivity contribution in [3.63, 3.8) is 0 Å². The average Bonchev–Trinajstić information content (AvgIpc) is 2.29. The minimum Gasteiger partial charge on any atom is -0.331 e. The lowest BCUT2D eigenvalue weighted by Crippen LogP contribution is -2.11. The zero-order chi connectivity index (χ0) is 7.90. The molecule has 1 aromatic rings. The Morgan fingerprint density at radius 3 is 3.00 bits per heavy atom. The van der Waals surface area contributed by atoms with Crippen molar-refractivity contribution in [1.82, 2.24) is 0 Å². The van der Waals surface area contributed by atoms with Crippen LogP contribution in [-0.4, -0.2) is 0 Å². The van der Waals surface area contributed by atoms with Gasteiger partial charge in [0.2, 0.25) is 0 Å². The molecule has 57 valence electrons. The fraction of sp³-hybridized carbons (Fsp3) is 0.143. The highest BCUT2D eigenvalue weighted by atomic mass is 19.3. The van der Waals surface area contributed by atoms with Gasteiger partial charge in [0.15, 0.2) is 5.75 Å². The summed E-state index contributed by atoms with van der Waals surface area (Å²) >= 11 is 0. The van der Waals surface area contributed by atoms with Crippen LogP contribution in [0, 0.1) is 6.07 Å². The lowest BCUT2D eigenvalue weighted by molar-refractivity contribution is -0.376. The number of hydrogen-bond acceptors (Lipinski definition) is 2. The molecule has 2 nitrogen and oxygen atoms in total. The van der Waals surface area contributed by atoms with Crippen LogP contribution < -0.4 is 4.89 Å². The van der Waals surface area contributed by atoms with Gasteiger partial charge in [0.25, 0.3) is 0 Å². The van der Waals surface area contributed by atoms with Gasteiger partial charge in [-0.1, -0.05) is 6.07 Å². The normalized spacial score (nSPS) is 19.1. The first-order valence-electron chi connectivity index (χ1n) is 2.94. The van der Waals surface area contributed by atoms with Crippen LogP contribution in [-0.2, 0) is 11.0 Å². The van der Waals surface area contributed by atoms with Crippen molar-refractivity contribution < 1.29 is 18.6 Å². The summed E-state index contributed by atoms with van der Waals surface area (Å²) in [5.74, 6) is 0.0255. The minimum absolute atomic E-state index is 0.0255. The summed E-state index contributed by atoms with van der Waals surface area (Å²) in [6.07, 6.45) is -3.32. The summed E-state index contributed by atoms with van der Waals surface area (Å²) in [4.78, 5) is 7.99. The zero-order valence-corrected chi connectivity index (χ0v) is 5.30. The van der Waals surface area contributed by atoms with Crippen LogP contribution in [0.3, 0.4) is 0 Å². The van der Waals surface area contributed by atoms with Crippen molar-refractivity contribution in [2.24, 2.45) is 0 Å². The molecule has 1 heterocycles. The van der Waals surface area contributed by atoms with Gasteiger partial charge in [0.05, 0.1) is 0 Å². The Morgan fingerprint density at radius 1 is 1.45 bits per heavy atom. The third-order valence-electron chi connectivity index (χ3n) is 1.38. The fourth-order valence-electron chi connectivity index (χ4n) is 0.867. The van der Waals surface area contributed by atoms with Gasteiger partial charge in [-0.15, -0.1) is 4.89 Å². The number of benzene rings is 1. The molecule has 2 rings (SSSR count). The molecule has 4 heteroatoms. The molecule has 1 aliphatic heterocycles. The van der Waals surface area contributed by atoms with Crippen molar-refractivity contribution in [3.05, 3.63) is 29.8 Å². The molecule has 1 aromatic carbocycles.